The Balaban J connectivity index is 1.39. The summed E-state index contributed by atoms with van der Waals surface area (Å²) >= 11 is 6.21. The topological polar surface area (TPSA) is 58.1 Å². The third-order valence-electron chi connectivity index (χ3n) is 4.43. The van der Waals surface area contributed by atoms with Gasteiger partial charge in [-0.15, -0.1) is 0 Å². The first-order chi connectivity index (χ1) is 12.2. The van der Waals surface area contributed by atoms with Crippen LogP contribution in [0.25, 0.3) is 10.9 Å². The summed E-state index contributed by atoms with van der Waals surface area (Å²) in [5.41, 5.74) is 2.81. The average Bonchev–Trinajstić information content (AvgIpc) is 2.61. The Labute approximate surface area is 150 Å². The van der Waals surface area contributed by atoms with E-state index in [1.807, 2.05) is 36.4 Å². The second-order valence-electron chi connectivity index (χ2n) is 6.16. The van der Waals surface area contributed by atoms with Gasteiger partial charge in [-0.2, -0.15) is 0 Å². The monoisotopic (exact) mass is 352 g/mol. The van der Waals surface area contributed by atoms with Crippen molar-refractivity contribution in [1.29, 1.82) is 0 Å². The number of anilines is 1. The van der Waals surface area contributed by atoms with E-state index in [4.69, 9.17) is 11.6 Å². The van der Waals surface area contributed by atoms with Crippen molar-refractivity contribution in [1.82, 2.24) is 15.3 Å². The highest BCUT2D eigenvalue weighted by Crippen LogP contribution is 2.25. The molecule has 0 aliphatic carbocycles. The molecule has 2 aromatic heterocycles. The van der Waals surface area contributed by atoms with Gasteiger partial charge in [0.1, 0.15) is 0 Å². The SMILES string of the molecule is O=C(Cc1ccc(Cl)c2cccnc12)NC1CN(c2ccncc2)C1. The Kier molecular flexibility index (Phi) is 4.24. The van der Waals surface area contributed by atoms with E-state index in [1.54, 1.807) is 18.6 Å². The van der Waals surface area contributed by atoms with Crippen molar-refractivity contribution in [2.24, 2.45) is 0 Å². The van der Waals surface area contributed by atoms with E-state index in [1.165, 1.54) is 0 Å². The highest BCUT2D eigenvalue weighted by molar-refractivity contribution is 6.35. The second kappa shape index (κ2) is 6.69. The van der Waals surface area contributed by atoms with Gasteiger partial charge in [0.2, 0.25) is 5.91 Å². The van der Waals surface area contributed by atoms with E-state index in [0.717, 1.165) is 35.2 Å². The Bertz CT molecular complexity index is 910. The summed E-state index contributed by atoms with van der Waals surface area (Å²) in [6, 6.07) is 11.6. The molecule has 0 bridgehead atoms. The fourth-order valence-electron chi connectivity index (χ4n) is 3.13. The zero-order chi connectivity index (χ0) is 17.2. The van der Waals surface area contributed by atoms with Gasteiger partial charge in [0.25, 0.3) is 0 Å². The molecular weight excluding hydrogens is 336 g/mol. The van der Waals surface area contributed by atoms with Gasteiger partial charge in [-0.3, -0.25) is 14.8 Å². The predicted molar refractivity (Wildman–Crippen MR) is 98.8 cm³/mol. The van der Waals surface area contributed by atoms with Crippen LogP contribution < -0.4 is 10.2 Å². The van der Waals surface area contributed by atoms with Crippen LogP contribution in [0.15, 0.2) is 55.0 Å². The largest absolute Gasteiger partial charge is 0.367 e. The summed E-state index contributed by atoms with van der Waals surface area (Å²) in [6.45, 7) is 1.63. The Morgan fingerprint density at radius 2 is 1.96 bits per heavy atom. The van der Waals surface area contributed by atoms with Crippen molar-refractivity contribution >= 4 is 34.1 Å². The molecule has 3 heterocycles. The van der Waals surface area contributed by atoms with E-state index < -0.39 is 0 Å². The van der Waals surface area contributed by atoms with Crippen molar-refractivity contribution in [3.8, 4) is 0 Å². The molecule has 6 heteroatoms. The molecule has 0 atom stereocenters. The third kappa shape index (κ3) is 3.28. The molecule has 0 radical (unpaired) electrons. The zero-order valence-electron chi connectivity index (χ0n) is 13.5. The number of pyridine rings is 2. The minimum Gasteiger partial charge on any atom is -0.367 e. The predicted octanol–water partition coefficient (Wildman–Crippen LogP) is 2.83. The van der Waals surface area contributed by atoms with Gasteiger partial charge in [0.05, 0.1) is 18.0 Å². The van der Waals surface area contributed by atoms with E-state index in [2.05, 4.69) is 20.2 Å². The molecule has 0 spiro atoms. The Morgan fingerprint density at radius 3 is 2.76 bits per heavy atom. The lowest BCUT2D eigenvalue weighted by atomic mass is 10.0. The molecule has 25 heavy (non-hydrogen) atoms. The lowest BCUT2D eigenvalue weighted by molar-refractivity contribution is -0.121. The van der Waals surface area contributed by atoms with Crippen LogP contribution >= 0.6 is 11.6 Å². The first-order valence-corrected chi connectivity index (χ1v) is 8.55. The number of nitrogens with zero attached hydrogens (tertiary/aromatic N) is 3. The molecule has 0 unspecified atom stereocenters. The molecule has 1 fully saturated rings. The highest BCUT2D eigenvalue weighted by Gasteiger charge is 2.28. The van der Waals surface area contributed by atoms with Crippen molar-refractivity contribution in [3.63, 3.8) is 0 Å². The van der Waals surface area contributed by atoms with Crippen molar-refractivity contribution in [2.45, 2.75) is 12.5 Å². The molecule has 3 aromatic rings. The molecule has 126 valence electrons. The minimum atomic E-state index is 0.00801. The number of hydrogen-bond acceptors (Lipinski definition) is 4. The first-order valence-electron chi connectivity index (χ1n) is 8.17. The molecule has 5 nitrogen and oxygen atoms in total. The van der Waals surface area contributed by atoms with E-state index in [0.29, 0.717) is 11.4 Å². The zero-order valence-corrected chi connectivity index (χ0v) is 14.3. The number of halogens is 1. The van der Waals surface area contributed by atoms with Crippen LogP contribution in [0.2, 0.25) is 5.02 Å². The third-order valence-corrected chi connectivity index (χ3v) is 4.76. The van der Waals surface area contributed by atoms with Crippen LogP contribution in [0.3, 0.4) is 0 Å². The van der Waals surface area contributed by atoms with E-state index >= 15 is 0 Å². The lowest BCUT2D eigenvalue weighted by Gasteiger charge is -2.41. The number of benzene rings is 1. The number of hydrogen-bond donors (Lipinski definition) is 1. The number of aromatic nitrogens is 2. The smallest absolute Gasteiger partial charge is 0.224 e. The summed E-state index contributed by atoms with van der Waals surface area (Å²) < 4.78 is 0. The highest BCUT2D eigenvalue weighted by atomic mass is 35.5. The van der Waals surface area contributed by atoms with Gasteiger partial charge in [-0.25, -0.2) is 0 Å². The molecule has 0 saturated carbocycles. The van der Waals surface area contributed by atoms with E-state index in [-0.39, 0.29) is 11.9 Å². The number of carbonyl (C=O) groups excluding carboxylic acids is 1. The van der Waals surface area contributed by atoms with E-state index in [9.17, 15) is 4.79 Å². The summed E-state index contributed by atoms with van der Waals surface area (Å²) in [5.74, 6) is 0.00801. The van der Waals surface area contributed by atoms with Crippen LogP contribution in [-0.2, 0) is 11.2 Å². The summed E-state index contributed by atoms with van der Waals surface area (Å²) in [5, 5.41) is 4.62. The summed E-state index contributed by atoms with van der Waals surface area (Å²) in [4.78, 5) is 23.0. The van der Waals surface area contributed by atoms with Gasteiger partial charge in [0, 0.05) is 47.8 Å². The van der Waals surface area contributed by atoms with Crippen LogP contribution in [0, 0.1) is 0 Å². The number of rotatable bonds is 4. The molecule has 1 aromatic carbocycles. The number of carbonyl (C=O) groups is 1. The van der Waals surface area contributed by atoms with Gasteiger partial charge in [-0.1, -0.05) is 17.7 Å². The first kappa shape index (κ1) is 15.8. The second-order valence-corrected chi connectivity index (χ2v) is 6.56. The quantitative estimate of drug-likeness (QED) is 0.784. The van der Waals surface area contributed by atoms with Crippen molar-refractivity contribution in [3.05, 3.63) is 65.6 Å². The van der Waals surface area contributed by atoms with Crippen LogP contribution in [0.1, 0.15) is 5.56 Å². The molecule has 1 amide bonds. The van der Waals surface area contributed by atoms with Crippen LogP contribution in [-0.4, -0.2) is 35.0 Å². The van der Waals surface area contributed by atoms with Gasteiger partial charge in [0.15, 0.2) is 0 Å². The van der Waals surface area contributed by atoms with Crippen molar-refractivity contribution in [2.75, 3.05) is 18.0 Å². The molecule has 1 N–H and O–H groups in total. The Hall–Kier alpha value is -2.66. The number of amides is 1. The maximum atomic E-state index is 12.4. The standard InChI is InChI=1S/C19H17ClN4O/c20-17-4-3-13(19-16(17)2-1-7-22-19)10-18(25)23-14-11-24(12-14)15-5-8-21-9-6-15/h1-9,14H,10-12H2,(H,23,25). The van der Waals surface area contributed by atoms with Crippen LogP contribution in [0.4, 0.5) is 5.69 Å². The van der Waals surface area contributed by atoms with Gasteiger partial charge < -0.3 is 10.2 Å². The fourth-order valence-corrected chi connectivity index (χ4v) is 3.34. The molecular formula is C19H17ClN4O. The average molecular weight is 353 g/mol. The van der Waals surface area contributed by atoms with Crippen molar-refractivity contribution < 1.29 is 4.79 Å². The maximum absolute atomic E-state index is 12.4. The lowest BCUT2D eigenvalue weighted by Crippen LogP contribution is -2.59. The number of fused-ring (bicyclic) bond motifs is 1. The van der Waals surface area contributed by atoms with Crippen LogP contribution in [0.5, 0.6) is 0 Å². The maximum Gasteiger partial charge on any atom is 0.224 e. The molecule has 1 aliphatic rings. The fraction of sp³-hybridized carbons (Fsp3) is 0.211. The minimum absolute atomic E-state index is 0.00801. The van der Waals surface area contributed by atoms with Gasteiger partial charge in [-0.05, 0) is 35.9 Å². The summed E-state index contributed by atoms with van der Waals surface area (Å²) in [6.07, 6.45) is 5.58. The normalized spacial score (nSPS) is 14.4. The molecule has 1 saturated heterocycles. The number of nitrogens with one attached hydrogen (secondary N) is 1. The Morgan fingerprint density at radius 1 is 1.16 bits per heavy atom. The molecule has 4 rings (SSSR count). The summed E-state index contributed by atoms with van der Waals surface area (Å²) in [7, 11) is 0. The van der Waals surface area contributed by atoms with Gasteiger partial charge >= 0.3 is 0 Å². The molecule has 1 aliphatic heterocycles.